The Kier molecular flexibility index (Phi) is 7.83. The number of aromatic nitrogens is 1. The molecule has 1 aliphatic rings. The highest BCUT2D eigenvalue weighted by Crippen LogP contribution is 2.33. The lowest BCUT2D eigenvalue weighted by molar-refractivity contribution is -0.0119. The van der Waals surface area contributed by atoms with Crippen molar-refractivity contribution in [3.63, 3.8) is 0 Å². The number of nitrogens with zero attached hydrogens (tertiary/aromatic N) is 1. The maximum atomic E-state index is 6.11. The molecule has 0 saturated carbocycles. The number of hydrogen-bond donors (Lipinski definition) is 0. The van der Waals surface area contributed by atoms with E-state index in [2.05, 4.69) is 37.3 Å². The maximum Gasteiger partial charge on any atom is 0.217 e. The zero-order valence-corrected chi connectivity index (χ0v) is 19.1. The third-order valence-electron chi connectivity index (χ3n) is 5.69. The highest BCUT2D eigenvalue weighted by molar-refractivity contribution is 5.89. The van der Waals surface area contributed by atoms with Crippen LogP contribution in [0.1, 0.15) is 46.0 Å². The zero-order valence-electron chi connectivity index (χ0n) is 19.1. The van der Waals surface area contributed by atoms with Crippen LogP contribution in [0.2, 0.25) is 0 Å². The Morgan fingerprint density at radius 1 is 0.938 bits per heavy atom. The summed E-state index contributed by atoms with van der Waals surface area (Å²) in [5.74, 6) is 2.28. The molecule has 1 aromatic heterocycles. The molecule has 1 unspecified atom stereocenters. The number of fused-ring (bicyclic) bond motifs is 1. The Balaban J connectivity index is 1.60. The summed E-state index contributed by atoms with van der Waals surface area (Å²) >= 11 is 0. The van der Waals surface area contributed by atoms with Crippen molar-refractivity contribution in [2.24, 2.45) is 0 Å². The van der Waals surface area contributed by atoms with Crippen molar-refractivity contribution in [2.75, 3.05) is 26.4 Å². The van der Waals surface area contributed by atoms with Crippen LogP contribution in [0.15, 0.2) is 48.5 Å². The molecule has 5 heteroatoms. The van der Waals surface area contributed by atoms with Crippen LogP contribution in [0, 0.1) is 0 Å². The summed E-state index contributed by atoms with van der Waals surface area (Å²) in [4.78, 5) is 4.80. The second-order valence-corrected chi connectivity index (χ2v) is 8.15. The predicted octanol–water partition coefficient (Wildman–Crippen LogP) is 6.43. The molecule has 0 bridgehead atoms. The van der Waals surface area contributed by atoms with Gasteiger partial charge in [-0.1, -0.05) is 31.5 Å². The fraction of sp³-hybridized carbons (Fsp3) is 0.444. The highest BCUT2D eigenvalue weighted by atomic mass is 16.5. The smallest absolute Gasteiger partial charge is 0.217 e. The van der Waals surface area contributed by atoms with Gasteiger partial charge >= 0.3 is 0 Å². The minimum Gasteiger partial charge on any atom is -0.494 e. The summed E-state index contributed by atoms with van der Waals surface area (Å²) in [6.07, 6.45) is 5.61. The van der Waals surface area contributed by atoms with E-state index in [0.717, 1.165) is 65.8 Å². The van der Waals surface area contributed by atoms with E-state index in [9.17, 15) is 0 Å². The van der Waals surface area contributed by atoms with Crippen molar-refractivity contribution < 1.29 is 18.9 Å². The van der Waals surface area contributed by atoms with Gasteiger partial charge in [0, 0.05) is 18.1 Å². The summed E-state index contributed by atoms with van der Waals surface area (Å²) in [5, 5.41) is 0.997. The molecular formula is C27H33NO4. The van der Waals surface area contributed by atoms with Crippen LogP contribution in [0.5, 0.6) is 17.4 Å². The van der Waals surface area contributed by atoms with E-state index < -0.39 is 0 Å². The van der Waals surface area contributed by atoms with Crippen molar-refractivity contribution in [3.8, 4) is 28.5 Å². The predicted molar refractivity (Wildman–Crippen MR) is 128 cm³/mol. The highest BCUT2D eigenvalue weighted by Gasteiger charge is 2.16. The summed E-state index contributed by atoms with van der Waals surface area (Å²) in [6.45, 7) is 6.83. The number of rotatable bonds is 10. The number of benzene rings is 2. The van der Waals surface area contributed by atoms with E-state index >= 15 is 0 Å². The van der Waals surface area contributed by atoms with Crippen molar-refractivity contribution >= 4 is 10.9 Å². The fourth-order valence-corrected chi connectivity index (χ4v) is 3.90. The summed E-state index contributed by atoms with van der Waals surface area (Å²) in [7, 11) is 0. The molecule has 1 aliphatic heterocycles. The second-order valence-electron chi connectivity index (χ2n) is 8.15. The van der Waals surface area contributed by atoms with Crippen LogP contribution in [0.25, 0.3) is 22.0 Å². The van der Waals surface area contributed by atoms with Crippen LogP contribution in [-0.4, -0.2) is 37.5 Å². The first kappa shape index (κ1) is 22.4. The minimum absolute atomic E-state index is 0.140. The topological polar surface area (TPSA) is 49.8 Å². The lowest BCUT2D eigenvalue weighted by Gasteiger charge is -2.22. The van der Waals surface area contributed by atoms with Crippen LogP contribution < -0.4 is 14.2 Å². The third kappa shape index (κ3) is 5.71. The van der Waals surface area contributed by atoms with Crippen molar-refractivity contribution in [1.82, 2.24) is 4.98 Å². The standard InChI is InChI=1S/C27H33NO4/c1-3-5-15-31-26-18-27(32-19-23-8-6-7-16-30-23)28-25-17-21(11-14-24(25)26)20-9-12-22(13-10-20)29-4-2/h9-14,17-18,23H,3-8,15-16,19H2,1-2H3. The minimum atomic E-state index is 0.140. The Hall–Kier alpha value is -2.79. The molecule has 1 saturated heterocycles. The van der Waals surface area contributed by atoms with E-state index in [1.807, 2.05) is 25.1 Å². The number of unbranched alkanes of at least 4 members (excludes halogenated alkanes) is 1. The maximum absolute atomic E-state index is 6.11. The first-order valence-electron chi connectivity index (χ1n) is 11.8. The molecular weight excluding hydrogens is 402 g/mol. The Labute approximate surface area is 190 Å². The largest absolute Gasteiger partial charge is 0.494 e. The monoisotopic (exact) mass is 435 g/mol. The lowest BCUT2D eigenvalue weighted by atomic mass is 10.0. The molecule has 2 heterocycles. The van der Waals surface area contributed by atoms with Gasteiger partial charge in [-0.2, -0.15) is 0 Å². The Bertz CT molecular complexity index is 996. The van der Waals surface area contributed by atoms with Gasteiger partial charge in [-0.15, -0.1) is 0 Å². The van der Waals surface area contributed by atoms with E-state index in [-0.39, 0.29) is 6.10 Å². The molecule has 0 radical (unpaired) electrons. The first-order valence-corrected chi connectivity index (χ1v) is 11.8. The Morgan fingerprint density at radius 2 is 1.78 bits per heavy atom. The molecule has 2 aromatic carbocycles. The number of ether oxygens (including phenoxy) is 4. The van der Waals surface area contributed by atoms with Gasteiger partial charge in [-0.25, -0.2) is 4.98 Å². The second kappa shape index (κ2) is 11.2. The zero-order chi connectivity index (χ0) is 22.2. The molecule has 0 spiro atoms. The number of pyridine rings is 1. The quantitative estimate of drug-likeness (QED) is 0.344. The summed E-state index contributed by atoms with van der Waals surface area (Å²) in [6, 6.07) is 16.4. The van der Waals surface area contributed by atoms with Gasteiger partial charge in [-0.05, 0) is 68.0 Å². The van der Waals surface area contributed by atoms with Gasteiger partial charge in [0.15, 0.2) is 0 Å². The van der Waals surface area contributed by atoms with Crippen molar-refractivity contribution in [2.45, 2.75) is 52.1 Å². The number of hydrogen-bond acceptors (Lipinski definition) is 5. The van der Waals surface area contributed by atoms with E-state index in [1.165, 1.54) is 6.42 Å². The molecule has 32 heavy (non-hydrogen) atoms. The van der Waals surface area contributed by atoms with Crippen LogP contribution >= 0.6 is 0 Å². The van der Waals surface area contributed by atoms with Gasteiger partial charge in [0.25, 0.3) is 0 Å². The molecule has 170 valence electrons. The van der Waals surface area contributed by atoms with E-state index in [1.54, 1.807) is 0 Å². The van der Waals surface area contributed by atoms with E-state index in [0.29, 0.717) is 25.7 Å². The van der Waals surface area contributed by atoms with Gasteiger partial charge in [0.05, 0.1) is 24.8 Å². The lowest BCUT2D eigenvalue weighted by Crippen LogP contribution is -2.26. The van der Waals surface area contributed by atoms with Gasteiger partial charge < -0.3 is 18.9 Å². The van der Waals surface area contributed by atoms with Gasteiger partial charge in [0.2, 0.25) is 5.88 Å². The normalized spacial score (nSPS) is 16.1. The average molecular weight is 436 g/mol. The molecule has 1 atom stereocenters. The molecule has 4 rings (SSSR count). The summed E-state index contributed by atoms with van der Waals surface area (Å²) in [5.41, 5.74) is 3.08. The van der Waals surface area contributed by atoms with Crippen molar-refractivity contribution in [1.29, 1.82) is 0 Å². The van der Waals surface area contributed by atoms with E-state index in [4.69, 9.17) is 23.9 Å². The van der Waals surface area contributed by atoms with Gasteiger partial charge in [0.1, 0.15) is 18.1 Å². The molecule has 3 aromatic rings. The fourth-order valence-electron chi connectivity index (χ4n) is 3.90. The SMILES string of the molecule is CCCCOc1cc(OCC2CCCCO2)nc2cc(-c3ccc(OCC)cc3)ccc12. The third-order valence-corrected chi connectivity index (χ3v) is 5.69. The van der Waals surface area contributed by atoms with Gasteiger partial charge in [-0.3, -0.25) is 0 Å². The van der Waals surface area contributed by atoms with Crippen LogP contribution in [-0.2, 0) is 4.74 Å². The van der Waals surface area contributed by atoms with Crippen molar-refractivity contribution in [3.05, 3.63) is 48.5 Å². The molecule has 1 fully saturated rings. The average Bonchev–Trinajstić information content (AvgIpc) is 2.84. The molecule has 0 aliphatic carbocycles. The molecule has 0 amide bonds. The first-order chi connectivity index (χ1) is 15.8. The molecule has 0 N–H and O–H groups in total. The molecule has 5 nitrogen and oxygen atoms in total. The van der Waals surface area contributed by atoms with Crippen LogP contribution in [0.4, 0.5) is 0 Å². The Morgan fingerprint density at radius 3 is 2.53 bits per heavy atom. The summed E-state index contributed by atoms with van der Waals surface area (Å²) < 4.78 is 23.5. The van der Waals surface area contributed by atoms with Crippen LogP contribution in [0.3, 0.4) is 0 Å².